The molecule has 2 atom stereocenters. The van der Waals surface area contributed by atoms with E-state index in [1.807, 2.05) is 36.4 Å². The maximum Gasteiger partial charge on any atom is 0.304 e. The van der Waals surface area contributed by atoms with Crippen LogP contribution in [0.4, 0.5) is 0 Å². The van der Waals surface area contributed by atoms with Gasteiger partial charge in [-0.15, -0.1) is 0 Å². The first-order valence-corrected chi connectivity index (χ1v) is 11.2. The number of carboxylic acids is 1. The largest absolute Gasteiger partial charge is 0.492 e. The van der Waals surface area contributed by atoms with Crippen LogP contribution >= 0.6 is 11.6 Å². The molecule has 168 valence electrons. The van der Waals surface area contributed by atoms with Crippen LogP contribution < -0.4 is 14.2 Å². The Labute approximate surface area is 189 Å². The summed E-state index contributed by atoms with van der Waals surface area (Å²) in [5, 5.41) is 9.62. The van der Waals surface area contributed by atoms with Gasteiger partial charge in [-0.1, -0.05) is 51.4 Å². The average molecular weight is 447 g/mol. The zero-order valence-electron chi connectivity index (χ0n) is 18.6. The molecule has 0 aromatic heterocycles. The molecule has 5 nitrogen and oxygen atoms in total. The molecule has 1 N–H and O–H groups in total. The summed E-state index contributed by atoms with van der Waals surface area (Å²) >= 11 is 6.49. The van der Waals surface area contributed by atoms with E-state index < -0.39 is 5.97 Å². The van der Waals surface area contributed by atoms with Crippen molar-refractivity contribution in [1.29, 1.82) is 0 Å². The summed E-state index contributed by atoms with van der Waals surface area (Å²) in [7, 11) is 0. The number of hydrogen-bond acceptors (Lipinski definition) is 4. The zero-order chi connectivity index (χ0) is 22.5. The number of fused-ring (bicyclic) bond motifs is 1. The minimum absolute atomic E-state index is 0.0616. The second kappa shape index (κ2) is 10.3. The minimum Gasteiger partial charge on any atom is -0.492 e. The first-order chi connectivity index (χ1) is 14.7. The van der Waals surface area contributed by atoms with Crippen LogP contribution in [0.2, 0.25) is 5.02 Å². The van der Waals surface area contributed by atoms with Gasteiger partial charge in [0.2, 0.25) is 0 Å². The van der Waals surface area contributed by atoms with Crippen LogP contribution in [0.15, 0.2) is 36.4 Å². The van der Waals surface area contributed by atoms with Gasteiger partial charge in [0.1, 0.15) is 30.0 Å². The number of aliphatic carboxylic acids is 1. The Bertz CT molecular complexity index is 909. The summed E-state index contributed by atoms with van der Waals surface area (Å²) in [6.07, 6.45) is 1.20. The minimum atomic E-state index is -0.826. The molecular formula is C25H31ClO5. The fourth-order valence-corrected chi connectivity index (χ4v) is 3.93. The van der Waals surface area contributed by atoms with E-state index in [4.69, 9.17) is 30.9 Å². The summed E-state index contributed by atoms with van der Waals surface area (Å²) in [6, 6.07) is 11.2. The number of halogens is 1. The van der Waals surface area contributed by atoms with Crippen LogP contribution in [-0.2, 0) is 11.4 Å². The third-order valence-corrected chi connectivity index (χ3v) is 5.79. The molecule has 0 aliphatic carbocycles. The van der Waals surface area contributed by atoms with Gasteiger partial charge in [0.25, 0.3) is 0 Å². The molecule has 0 saturated carbocycles. The van der Waals surface area contributed by atoms with Gasteiger partial charge in [-0.25, -0.2) is 0 Å². The van der Waals surface area contributed by atoms with Crippen LogP contribution in [0, 0.1) is 11.8 Å². The highest BCUT2D eigenvalue weighted by molar-refractivity contribution is 6.31. The molecular weight excluding hydrogens is 416 g/mol. The topological polar surface area (TPSA) is 65.0 Å². The van der Waals surface area contributed by atoms with E-state index in [9.17, 15) is 4.79 Å². The predicted octanol–water partition coefficient (Wildman–Crippen LogP) is 6.32. The van der Waals surface area contributed by atoms with Gasteiger partial charge in [0, 0.05) is 23.1 Å². The lowest BCUT2D eigenvalue weighted by Gasteiger charge is -2.24. The third-order valence-electron chi connectivity index (χ3n) is 5.44. The lowest BCUT2D eigenvalue weighted by atomic mass is 9.97. The van der Waals surface area contributed by atoms with Crippen LogP contribution in [-0.4, -0.2) is 23.8 Å². The Hall–Kier alpha value is -2.40. The van der Waals surface area contributed by atoms with Gasteiger partial charge in [-0.3, -0.25) is 4.79 Å². The van der Waals surface area contributed by atoms with Crippen molar-refractivity contribution in [3.63, 3.8) is 0 Å². The molecule has 2 aromatic carbocycles. The van der Waals surface area contributed by atoms with E-state index in [1.54, 1.807) is 0 Å². The second-order valence-electron chi connectivity index (χ2n) is 8.88. The number of hydrogen-bond donors (Lipinski definition) is 1. The Morgan fingerprint density at radius 1 is 1.16 bits per heavy atom. The maximum absolute atomic E-state index is 11.0. The predicted molar refractivity (Wildman–Crippen MR) is 121 cm³/mol. The number of rotatable bonds is 10. The van der Waals surface area contributed by atoms with Crippen LogP contribution in [0.1, 0.15) is 57.6 Å². The van der Waals surface area contributed by atoms with Crippen molar-refractivity contribution in [1.82, 2.24) is 0 Å². The van der Waals surface area contributed by atoms with Crippen LogP contribution in [0.5, 0.6) is 17.2 Å². The fourth-order valence-electron chi connectivity index (χ4n) is 3.70. The van der Waals surface area contributed by atoms with Gasteiger partial charge in [0.15, 0.2) is 0 Å². The van der Waals surface area contributed by atoms with Crippen LogP contribution in [0.25, 0.3) is 0 Å². The molecule has 0 spiro atoms. The van der Waals surface area contributed by atoms with E-state index in [0.717, 1.165) is 23.3 Å². The van der Waals surface area contributed by atoms with Gasteiger partial charge < -0.3 is 19.3 Å². The quantitative estimate of drug-likeness (QED) is 0.462. The molecule has 0 saturated heterocycles. The lowest BCUT2D eigenvalue weighted by molar-refractivity contribution is -0.137. The molecule has 0 bridgehead atoms. The number of carbonyl (C=O) groups is 1. The summed E-state index contributed by atoms with van der Waals surface area (Å²) < 4.78 is 17.7. The van der Waals surface area contributed by atoms with Gasteiger partial charge in [0.05, 0.1) is 18.1 Å². The molecule has 0 amide bonds. The average Bonchev–Trinajstić information content (AvgIpc) is 3.08. The Kier molecular flexibility index (Phi) is 7.71. The number of carboxylic acid groups (broad SMARTS) is 1. The zero-order valence-corrected chi connectivity index (χ0v) is 19.3. The molecule has 2 aromatic rings. The van der Waals surface area contributed by atoms with E-state index in [2.05, 4.69) is 27.7 Å². The molecule has 0 fully saturated rings. The molecule has 31 heavy (non-hydrogen) atoms. The first kappa shape index (κ1) is 23.3. The van der Waals surface area contributed by atoms with Crippen LogP contribution in [0.3, 0.4) is 0 Å². The summed E-state index contributed by atoms with van der Waals surface area (Å²) in [4.78, 5) is 11.0. The van der Waals surface area contributed by atoms with Crippen molar-refractivity contribution in [2.75, 3.05) is 6.61 Å². The number of ether oxygens (including phenoxy) is 3. The molecule has 6 heteroatoms. The Morgan fingerprint density at radius 2 is 1.90 bits per heavy atom. The van der Waals surface area contributed by atoms with E-state index >= 15 is 0 Å². The standard InChI is InChI=1S/C25H31ClO5/c1-15(2)9-23(16(3)4)31-20-6-5-17(22(26)11-20)13-29-19-7-8-21-18(10-25(27)28)14-30-24(21)12-19/h5-8,11-12,15-16,18,23H,9-10,13-14H2,1-4H3,(H,27,28). The van der Waals surface area contributed by atoms with Gasteiger partial charge >= 0.3 is 5.97 Å². The Morgan fingerprint density at radius 3 is 2.55 bits per heavy atom. The van der Waals surface area contributed by atoms with Crippen molar-refractivity contribution in [3.8, 4) is 17.2 Å². The Balaban J connectivity index is 1.62. The molecule has 1 heterocycles. The van der Waals surface area contributed by atoms with E-state index in [0.29, 0.717) is 41.6 Å². The highest BCUT2D eigenvalue weighted by Gasteiger charge is 2.26. The normalized spacial score (nSPS) is 16.2. The van der Waals surface area contributed by atoms with Crippen molar-refractivity contribution in [2.45, 2.75) is 59.2 Å². The monoisotopic (exact) mass is 446 g/mol. The van der Waals surface area contributed by atoms with E-state index in [1.165, 1.54) is 0 Å². The second-order valence-corrected chi connectivity index (χ2v) is 9.28. The van der Waals surface area contributed by atoms with E-state index in [-0.39, 0.29) is 18.4 Å². The SMILES string of the molecule is CC(C)CC(Oc1ccc(COc2ccc3c(c2)OCC3CC(=O)O)c(Cl)c1)C(C)C. The lowest BCUT2D eigenvalue weighted by Crippen LogP contribution is -2.25. The maximum atomic E-state index is 11.0. The van der Waals surface area contributed by atoms with Crippen molar-refractivity contribution >= 4 is 17.6 Å². The molecule has 1 aliphatic heterocycles. The highest BCUT2D eigenvalue weighted by atomic mass is 35.5. The third kappa shape index (κ3) is 6.30. The highest BCUT2D eigenvalue weighted by Crippen LogP contribution is 2.38. The fraction of sp³-hybridized carbons (Fsp3) is 0.480. The molecule has 2 unspecified atom stereocenters. The summed E-state index contributed by atoms with van der Waals surface area (Å²) in [5.41, 5.74) is 1.78. The van der Waals surface area contributed by atoms with Gasteiger partial charge in [-0.05, 0) is 36.5 Å². The molecule has 3 rings (SSSR count). The smallest absolute Gasteiger partial charge is 0.304 e. The van der Waals surface area contributed by atoms with Crippen molar-refractivity contribution < 1.29 is 24.1 Å². The number of benzene rings is 2. The summed E-state index contributed by atoms with van der Waals surface area (Å²) in [5.74, 6) is 2.14. The van der Waals surface area contributed by atoms with Crippen molar-refractivity contribution in [3.05, 3.63) is 52.5 Å². The molecule has 1 aliphatic rings. The summed E-state index contributed by atoms with van der Waals surface area (Å²) in [6.45, 7) is 9.43. The van der Waals surface area contributed by atoms with Gasteiger partial charge in [-0.2, -0.15) is 0 Å². The molecule has 0 radical (unpaired) electrons. The van der Waals surface area contributed by atoms with Crippen molar-refractivity contribution in [2.24, 2.45) is 11.8 Å². The first-order valence-electron chi connectivity index (χ1n) is 10.8.